The Morgan fingerprint density at radius 3 is 2.52 bits per heavy atom. The molecule has 1 fully saturated rings. The molecule has 1 aromatic heterocycles. The van der Waals surface area contributed by atoms with Crippen molar-refractivity contribution in [3.05, 3.63) is 57.5 Å². The summed E-state index contributed by atoms with van der Waals surface area (Å²) in [7, 11) is 1.38. The number of rotatable bonds is 4. The molecule has 1 N–H and O–H groups in total. The number of likely N-dealkylation sites (tertiary alicyclic amines) is 1. The van der Waals surface area contributed by atoms with Crippen LogP contribution < -0.4 is 5.43 Å². The molecule has 0 atom stereocenters. The number of halogens is 1. The number of nitrogens with one attached hydrogen (secondary N) is 1. The van der Waals surface area contributed by atoms with Gasteiger partial charge in [0, 0.05) is 41.2 Å². The lowest BCUT2D eigenvalue weighted by atomic mass is 9.93. The number of fused-ring (bicyclic) bond motifs is 1. The number of hydrazone groups is 1. The standard InChI is InChI=1S/C24H26ClN3O5/c1-14-20-18(26-27-22(29)15-6-8-17(25)9-7-15)4-3-5-19(20)33-21(14)23(30)28-12-10-16(11-13-28)24(31)32-2/h6-9,16H,3-5,10-13H2,1-2H3,(H,27,29)/b26-18+. The Labute approximate surface area is 196 Å². The first kappa shape index (κ1) is 23.0. The van der Waals surface area contributed by atoms with E-state index in [1.807, 2.05) is 6.92 Å². The highest BCUT2D eigenvalue weighted by molar-refractivity contribution is 6.30. The van der Waals surface area contributed by atoms with E-state index in [-0.39, 0.29) is 23.7 Å². The van der Waals surface area contributed by atoms with Crippen LogP contribution in [0.25, 0.3) is 0 Å². The van der Waals surface area contributed by atoms with Gasteiger partial charge < -0.3 is 14.1 Å². The Morgan fingerprint density at radius 1 is 1.15 bits per heavy atom. The van der Waals surface area contributed by atoms with Gasteiger partial charge in [0.25, 0.3) is 11.8 Å². The number of carbonyl (C=O) groups excluding carboxylic acids is 3. The maximum atomic E-state index is 13.2. The predicted molar refractivity (Wildman–Crippen MR) is 122 cm³/mol. The van der Waals surface area contributed by atoms with E-state index >= 15 is 0 Å². The fraction of sp³-hybridized carbons (Fsp3) is 0.417. The smallest absolute Gasteiger partial charge is 0.308 e. The Morgan fingerprint density at radius 2 is 1.85 bits per heavy atom. The van der Waals surface area contributed by atoms with Gasteiger partial charge in [-0.05, 0) is 56.9 Å². The number of carbonyl (C=O) groups is 3. The average Bonchev–Trinajstić information content (AvgIpc) is 3.19. The Balaban J connectivity index is 1.50. The predicted octanol–water partition coefficient (Wildman–Crippen LogP) is 3.74. The van der Waals surface area contributed by atoms with Crippen molar-refractivity contribution in [1.82, 2.24) is 10.3 Å². The quantitative estimate of drug-likeness (QED) is 0.540. The number of hydrogen-bond donors (Lipinski definition) is 1. The van der Waals surface area contributed by atoms with Crippen LogP contribution >= 0.6 is 11.6 Å². The number of aryl methyl sites for hydroxylation is 1. The highest BCUT2D eigenvalue weighted by Gasteiger charge is 2.33. The van der Waals surface area contributed by atoms with Gasteiger partial charge in [0.2, 0.25) is 0 Å². The van der Waals surface area contributed by atoms with Crippen LogP contribution in [0.4, 0.5) is 0 Å². The molecule has 1 saturated heterocycles. The van der Waals surface area contributed by atoms with Crippen molar-refractivity contribution in [3.63, 3.8) is 0 Å². The fourth-order valence-corrected chi connectivity index (χ4v) is 4.52. The van der Waals surface area contributed by atoms with Gasteiger partial charge in [-0.15, -0.1) is 0 Å². The molecule has 0 spiro atoms. The molecular formula is C24H26ClN3O5. The molecule has 174 valence electrons. The molecule has 1 aliphatic carbocycles. The molecule has 9 heteroatoms. The zero-order chi connectivity index (χ0) is 23.5. The molecule has 33 heavy (non-hydrogen) atoms. The van der Waals surface area contributed by atoms with Crippen LogP contribution in [0.5, 0.6) is 0 Å². The largest absolute Gasteiger partial charge is 0.469 e. The van der Waals surface area contributed by atoms with Crippen molar-refractivity contribution in [2.24, 2.45) is 11.0 Å². The summed E-state index contributed by atoms with van der Waals surface area (Å²) >= 11 is 5.88. The molecule has 2 heterocycles. The van der Waals surface area contributed by atoms with Crippen molar-refractivity contribution in [1.29, 1.82) is 0 Å². The zero-order valence-corrected chi connectivity index (χ0v) is 19.4. The Kier molecular flexibility index (Phi) is 6.83. The van der Waals surface area contributed by atoms with Gasteiger partial charge >= 0.3 is 5.97 Å². The molecule has 2 aliphatic rings. The van der Waals surface area contributed by atoms with Crippen LogP contribution in [-0.4, -0.2) is 48.6 Å². The van der Waals surface area contributed by atoms with Crippen LogP contribution in [0, 0.1) is 12.8 Å². The summed E-state index contributed by atoms with van der Waals surface area (Å²) < 4.78 is 10.8. The molecule has 2 amide bonds. The van der Waals surface area contributed by atoms with Crippen LogP contribution in [0.15, 0.2) is 33.8 Å². The maximum absolute atomic E-state index is 13.2. The summed E-state index contributed by atoms with van der Waals surface area (Å²) in [5, 5.41) is 4.91. The lowest BCUT2D eigenvalue weighted by Crippen LogP contribution is -2.40. The summed E-state index contributed by atoms with van der Waals surface area (Å²) in [6.45, 7) is 2.79. The van der Waals surface area contributed by atoms with E-state index in [1.54, 1.807) is 29.2 Å². The first-order chi connectivity index (χ1) is 15.9. The first-order valence-electron chi connectivity index (χ1n) is 11.0. The summed E-state index contributed by atoms with van der Waals surface area (Å²) in [5.74, 6) is 0.0920. The minimum absolute atomic E-state index is 0.173. The van der Waals surface area contributed by atoms with Crippen molar-refractivity contribution in [2.45, 2.75) is 39.0 Å². The molecule has 1 aliphatic heterocycles. The van der Waals surface area contributed by atoms with Crippen molar-refractivity contribution < 1.29 is 23.5 Å². The van der Waals surface area contributed by atoms with Gasteiger partial charge in [0.1, 0.15) is 5.76 Å². The summed E-state index contributed by atoms with van der Waals surface area (Å²) in [5.41, 5.74) is 5.28. The second-order valence-corrected chi connectivity index (χ2v) is 8.74. The van der Waals surface area contributed by atoms with Crippen molar-refractivity contribution in [3.8, 4) is 0 Å². The normalized spacial score (nSPS) is 17.5. The van der Waals surface area contributed by atoms with Gasteiger partial charge in [0.05, 0.1) is 18.7 Å². The number of methoxy groups -OCH3 is 1. The summed E-state index contributed by atoms with van der Waals surface area (Å²) in [6, 6.07) is 6.56. The molecule has 1 aromatic carbocycles. The molecule has 0 saturated carbocycles. The topological polar surface area (TPSA) is 101 Å². The molecule has 8 nitrogen and oxygen atoms in total. The number of ether oxygens (including phenoxy) is 1. The van der Waals surface area contributed by atoms with Crippen molar-refractivity contribution >= 4 is 35.1 Å². The van der Waals surface area contributed by atoms with E-state index in [1.165, 1.54) is 7.11 Å². The third-order valence-corrected chi connectivity index (χ3v) is 6.49. The average molecular weight is 472 g/mol. The zero-order valence-electron chi connectivity index (χ0n) is 18.7. The maximum Gasteiger partial charge on any atom is 0.308 e. The van der Waals surface area contributed by atoms with Gasteiger partial charge in [-0.25, -0.2) is 5.43 Å². The number of amides is 2. The molecule has 4 rings (SSSR count). The van der Waals surface area contributed by atoms with Crippen molar-refractivity contribution in [2.75, 3.05) is 20.2 Å². The minimum Gasteiger partial charge on any atom is -0.469 e. The van der Waals surface area contributed by atoms with Crippen LogP contribution in [0.3, 0.4) is 0 Å². The summed E-state index contributed by atoms with van der Waals surface area (Å²) in [6.07, 6.45) is 3.33. The molecule has 0 unspecified atom stereocenters. The lowest BCUT2D eigenvalue weighted by molar-refractivity contribution is -0.146. The number of hydrogen-bond acceptors (Lipinski definition) is 6. The number of piperidine rings is 1. The number of nitrogens with zero attached hydrogens (tertiary/aromatic N) is 2. The highest BCUT2D eigenvalue weighted by Crippen LogP contribution is 2.31. The molecule has 2 aromatic rings. The molecular weight excluding hydrogens is 446 g/mol. The Hall–Kier alpha value is -3.13. The first-order valence-corrected chi connectivity index (χ1v) is 11.4. The highest BCUT2D eigenvalue weighted by atomic mass is 35.5. The second-order valence-electron chi connectivity index (χ2n) is 8.30. The van der Waals surface area contributed by atoms with Gasteiger partial charge in [-0.3, -0.25) is 14.4 Å². The minimum atomic E-state index is -0.336. The van der Waals surface area contributed by atoms with Gasteiger partial charge in [-0.1, -0.05) is 11.6 Å². The molecule has 0 radical (unpaired) electrons. The van der Waals surface area contributed by atoms with E-state index in [0.29, 0.717) is 66.6 Å². The lowest BCUT2D eigenvalue weighted by Gasteiger charge is -2.30. The van der Waals surface area contributed by atoms with E-state index < -0.39 is 0 Å². The fourth-order valence-electron chi connectivity index (χ4n) is 4.40. The van der Waals surface area contributed by atoms with E-state index in [2.05, 4.69) is 10.5 Å². The van der Waals surface area contributed by atoms with E-state index in [4.69, 9.17) is 20.8 Å². The third kappa shape index (κ3) is 4.80. The number of esters is 1. The number of benzene rings is 1. The molecule has 0 bridgehead atoms. The van der Waals surface area contributed by atoms with E-state index in [0.717, 1.165) is 17.5 Å². The second kappa shape index (κ2) is 9.79. The SMILES string of the molecule is COC(=O)C1CCN(C(=O)c2oc3c(c2C)/C(=N/NC(=O)c2ccc(Cl)cc2)CCC3)CC1. The Bertz CT molecular complexity index is 1100. The summed E-state index contributed by atoms with van der Waals surface area (Å²) in [4.78, 5) is 39.1. The van der Waals surface area contributed by atoms with Crippen LogP contribution in [-0.2, 0) is 16.0 Å². The van der Waals surface area contributed by atoms with Crippen LogP contribution in [0.2, 0.25) is 5.02 Å². The monoisotopic (exact) mass is 471 g/mol. The van der Waals surface area contributed by atoms with Crippen LogP contribution in [0.1, 0.15) is 63.5 Å². The van der Waals surface area contributed by atoms with E-state index in [9.17, 15) is 14.4 Å². The number of furan rings is 1. The van der Waals surface area contributed by atoms with Gasteiger partial charge in [0.15, 0.2) is 5.76 Å². The third-order valence-electron chi connectivity index (χ3n) is 6.24. The van der Waals surface area contributed by atoms with Gasteiger partial charge in [-0.2, -0.15) is 5.10 Å².